The number of benzene rings is 1. The molecule has 0 heterocycles. The first kappa shape index (κ1) is 12.7. The second-order valence-corrected chi connectivity index (χ2v) is 3.87. The van der Waals surface area contributed by atoms with Gasteiger partial charge in [0.2, 0.25) is 0 Å². The normalized spacial score (nSPS) is 15.7. The number of hydrogen-bond acceptors (Lipinski definition) is 6. The number of nitrogens with one attached hydrogen (secondary N) is 1. The molecule has 0 saturated carbocycles. The Balaban J connectivity index is 2.29. The van der Waals surface area contributed by atoms with Crippen molar-refractivity contribution in [3.63, 3.8) is 0 Å². The van der Waals surface area contributed by atoms with Crippen molar-refractivity contribution in [2.45, 2.75) is 12.8 Å². The Kier molecular flexibility index (Phi) is 3.51. The lowest BCUT2D eigenvalue weighted by Crippen LogP contribution is -2.00. The maximum Gasteiger partial charge on any atom is 0.301 e. The van der Waals surface area contributed by atoms with Crippen LogP contribution in [0.5, 0.6) is 0 Å². The standard InChI is InChI=1S/C11H10N4O4/c16-14(17)9-5-6-10(11(7-9)15(18)19)13-12-8-3-1-2-4-8/h1,3,5-7,13H,2,4H2/b12-8+. The number of nitro benzene ring substituents is 2. The Bertz CT molecular complexity index is 594. The summed E-state index contributed by atoms with van der Waals surface area (Å²) in [5.41, 5.74) is 2.79. The van der Waals surface area contributed by atoms with Gasteiger partial charge in [-0.15, -0.1) is 0 Å². The lowest BCUT2D eigenvalue weighted by Gasteiger charge is -2.02. The summed E-state index contributed by atoms with van der Waals surface area (Å²) in [7, 11) is 0. The zero-order valence-corrected chi connectivity index (χ0v) is 9.78. The summed E-state index contributed by atoms with van der Waals surface area (Å²) in [5, 5.41) is 25.5. The number of hydrazone groups is 1. The highest BCUT2D eigenvalue weighted by atomic mass is 16.6. The zero-order valence-electron chi connectivity index (χ0n) is 9.78. The molecule has 1 N–H and O–H groups in total. The third-order valence-corrected chi connectivity index (χ3v) is 2.59. The predicted octanol–water partition coefficient (Wildman–Crippen LogP) is 2.62. The highest BCUT2D eigenvalue weighted by Crippen LogP contribution is 2.29. The van der Waals surface area contributed by atoms with Crippen molar-refractivity contribution >= 4 is 22.8 Å². The van der Waals surface area contributed by atoms with E-state index in [0.717, 1.165) is 24.6 Å². The summed E-state index contributed by atoms with van der Waals surface area (Å²) < 4.78 is 0. The molecular formula is C11H10N4O4. The molecule has 1 aromatic carbocycles. The molecule has 0 unspecified atom stereocenters. The van der Waals surface area contributed by atoms with Crippen LogP contribution in [0.2, 0.25) is 0 Å². The van der Waals surface area contributed by atoms with Crippen molar-refractivity contribution in [1.29, 1.82) is 0 Å². The third kappa shape index (κ3) is 2.92. The summed E-state index contributed by atoms with van der Waals surface area (Å²) in [6.07, 6.45) is 5.44. The van der Waals surface area contributed by atoms with Gasteiger partial charge >= 0.3 is 5.69 Å². The number of anilines is 1. The molecule has 0 aliphatic heterocycles. The SMILES string of the molecule is O=[N+]([O-])c1ccc(N/N=C2\C=CCC2)c([N+](=O)[O-])c1. The molecule has 98 valence electrons. The number of nitrogens with zero attached hydrogens (tertiary/aromatic N) is 3. The quantitative estimate of drug-likeness (QED) is 0.662. The van der Waals surface area contributed by atoms with E-state index in [-0.39, 0.29) is 17.1 Å². The van der Waals surface area contributed by atoms with Crippen molar-refractivity contribution in [2.75, 3.05) is 5.43 Å². The van der Waals surface area contributed by atoms with Gasteiger partial charge in [0.15, 0.2) is 0 Å². The number of non-ortho nitro benzene ring substituents is 1. The number of allylic oxidation sites excluding steroid dienone is 2. The largest absolute Gasteiger partial charge is 0.301 e. The minimum atomic E-state index is -0.681. The number of rotatable bonds is 4. The Labute approximate surface area is 107 Å². The van der Waals surface area contributed by atoms with Gasteiger partial charge in [0.1, 0.15) is 5.69 Å². The van der Waals surface area contributed by atoms with Gasteiger partial charge in [-0.3, -0.25) is 25.7 Å². The summed E-state index contributed by atoms with van der Waals surface area (Å²) in [6.45, 7) is 0. The average Bonchev–Trinajstić information content (AvgIpc) is 2.89. The Morgan fingerprint density at radius 3 is 2.58 bits per heavy atom. The molecule has 0 fully saturated rings. The van der Waals surface area contributed by atoms with Gasteiger partial charge in [0, 0.05) is 6.07 Å². The fraction of sp³-hybridized carbons (Fsp3) is 0.182. The molecule has 1 aliphatic carbocycles. The zero-order chi connectivity index (χ0) is 13.8. The van der Waals surface area contributed by atoms with E-state index in [2.05, 4.69) is 10.5 Å². The molecule has 1 aliphatic rings. The maximum atomic E-state index is 10.9. The third-order valence-electron chi connectivity index (χ3n) is 2.59. The first-order valence-electron chi connectivity index (χ1n) is 5.50. The molecule has 8 heteroatoms. The molecule has 0 bridgehead atoms. The van der Waals surface area contributed by atoms with Crippen LogP contribution >= 0.6 is 0 Å². The van der Waals surface area contributed by atoms with E-state index in [0.29, 0.717) is 0 Å². The van der Waals surface area contributed by atoms with Crippen molar-refractivity contribution in [2.24, 2.45) is 5.10 Å². The van der Waals surface area contributed by atoms with Crippen LogP contribution in [0, 0.1) is 20.2 Å². The van der Waals surface area contributed by atoms with E-state index < -0.39 is 9.85 Å². The molecule has 19 heavy (non-hydrogen) atoms. The summed E-state index contributed by atoms with van der Waals surface area (Å²) in [5.74, 6) is 0. The molecule has 0 amide bonds. The van der Waals surface area contributed by atoms with Gasteiger partial charge in [-0.1, -0.05) is 6.08 Å². The molecular weight excluding hydrogens is 252 g/mol. The summed E-state index contributed by atoms with van der Waals surface area (Å²) in [6, 6.07) is 3.38. The van der Waals surface area contributed by atoms with E-state index in [1.54, 1.807) is 0 Å². The van der Waals surface area contributed by atoms with Gasteiger partial charge in [-0.25, -0.2) is 0 Å². The average molecular weight is 262 g/mol. The van der Waals surface area contributed by atoms with E-state index >= 15 is 0 Å². The first-order valence-corrected chi connectivity index (χ1v) is 5.50. The molecule has 0 atom stereocenters. The number of hydrogen-bond donors (Lipinski definition) is 1. The molecule has 8 nitrogen and oxygen atoms in total. The van der Waals surface area contributed by atoms with Crippen molar-refractivity contribution in [3.05, 3.63) is 50.6 Å². The van der Waals surface area contributed by atoms with Crippen LogP contribution in [0.15, 0.2) is 35.5 Å². The molecule has 0 saturated heterocycles. The Morgan fingerprint density at radius 1 is 1.21 bits per heavy atom. The highest BCUT2D eigenvalue weighted by Gasteiger charge is 2.19. The smallest absolute Gasteiger partial charge is 0.271 e. The van der Waals surface area contributed by atoms with Crippen LogP contribution in [0.25, 0.3) is 0 Å². The van der Waals surface area contributed by atoms with E-state index in [1.807, 2.05) is 12.2 Å². The number of nitro groups is 2. The Hall–Kier alpha value is -2.77. The van der Waals surface area contributed by atoms with Crippen LogP contribution in [-0.2, 0) is 0 Å². The van der Waals surface area contributed by atoms with E-state index in [4.69, 9.17) is 0 Å². The molecule has 0 radical (unpaired) electrons. The van der Waals surface area contributed by atoms with Crippen LogP contribution in [0.4, 0.5) is 17.1 Å². The van der Waals surface area contributed by atoms with Gasteiger partial charge in [0.05, 0.1) is 21.6 Å². The highest BCUT2D eigenvalue weighted by molar-refractivity contribution is 5.97. The lowest BCUT2D eigenvalue weighted by atomic mass is 10.2. The van der Waals surface area contributed by atoms with E-state index in [9.17, 15) is 20.2 Å². The second-order valence-electron chi connectivity index (χ2n) is 3.87. The minimum Gasteiger partial charge on any atom is -0.271 e. The fourth-order valence-electron chi connectivity index (χ4n) is 1.64. The summed E-state index contributed by atoms with van der Waals surface area (Å²) in [4.78, 5) is 20.1. The second kappa shape index (κ2) is 5.25. The van der Waals surface area contributed by atoms with Crippen LogP contribution < -0.4 is 5.43 Å². The van der Waals surface area contributed by atoms with Gasteiger partial charge in [0.25, 0.3) is 5.69 Å². The first-order chi connectivity index (χ1) is 9.08. The van der Waals surface area contributed by atoms with Gasteiger partial charge in [-0.2, -0.15) is 5.10 Å². The topological polar surface area (TPSA) is 111 Å². The lowest BCUT2D eigenvalue weighted by molar-refractivity contribution is -0.393. The minimum absolute atomic E-state index is 0.128. The van der Waals surface area contributed by atoms with Crippen LogP contribution in [0.1, 0.15) is 12.8 Å². The predicted molar refractivity (Wildman–Crippen MR) is 69.2 cm³/mol. The molecule has 0 spiro atoms. The van der Waals surface area contributed by atoms with Crippen LogP contribution in [0.3, 0.4) is 0 Å². The van der Waals surface area contributed by atoms with Crippen molar-refractivity contribution < 1.29 is 9.85 Å². The van der Waals surface area contributed by atoms with Gasteiger partial charge in [-0.05, 0) is 25.0 Å². The maximum absolute atomic E-state index is 10.9. The molecule has 1 aromatic rings. The molecule has 2 rings (SSSR count). The van der Waals surface area contributed by atoms with Crippen molar-refractivity contribution in [3.8, 4) is 0 Å². The van der Waals surface area contributed by atoms with Crippen LogP contribution in [-0.4, -0.2) is 15.6 Å². The summed E-state index contributed by atoms with van der Waals surface area (Å²) >= 11 is 0. The van der Waals surface area contributed by atoms with Gasteiger partial charge < -0.3 is 0 Å². The van der Waals surface area contributed by atoms with E-state index in [1.165, 1.54) is 12.1 Å². The monoisotopic (exact) mass is 262 g/mol. The fourth-order valence-corrected chi connectivity index (χ4v) is 1.64. The Morgan fingerprint density at radius 2 is 2.00 bits per heavy atom. The van der Waals surface area contributed by atoms with Crippen molar-refractivity contribution in [1.82, 2.24) is 0 Å². The molecule has 0 aromatic heterocycles.